The summed E-state index contributed by atoms with van der Waals surface area (Å²) in [5.41, 5.74) is 4.76. The van der Waals surface area contributed by atoms with Gasteiger partial charge in [0.25, 0.3) is 5.91 Å². The molecule has 0 spiro atoms. The van der Waals surface area contributed by atoms with Crippen molar-refractivity contribution >= 4 is 27.5 Å². The van der Waals surface area contributed by atoms with Crippen molar-refractivity contribution < 1.29 is 4.79 Å². The molecule has 4 nitrogen and oxygen atoms in total. The van der Waals surface area contributed by atoms with Crippen LogP contribution in [0.4, 0.5) is 0 Å². The lowest BCUT2D eigenvalue weighted by Crippen LogP contribution is -2.34. The van der Waals surface area contributed by atoms with E-state index in [4.69, 9.17) is 4.99 Å². The largest absolute Gasteiger partial charge is 0.368 e. The Morgan fingerprint density at radius 3 is 2.57 bits per heavy atom. The highest BCUT2D eigenvalue weighted by atomic mass is 79.9. The summed E-state index contributed by atoms with van der Waals surface area (Å²) >= 11 is 3.51. The SMILES string of the molecule is C=CCN1C(=O)C2=C(C(c3ccccc3)=NCCN2C)C1c1ccc(Br)cc1. The minimum absolute atomic E-state index is 0.0378. The zero-order chi connectivity index (χ0) is 19.7. The molecule has 0 aliphatic carbocycles. The molecule has 2 aromatic carbocycles. The van der Waals surface area contributed by atoms with Gasteiger partial charge in [-0.15, -0.1) is 6.58 Å². The number of amides is 1. The fourth-order valence-corrected chi connectivity index (χ4v) is 4.20. The van der Waals surface area contributed by atoms with Crippen LogP contribution in [0.5, 0.6) is 0 Å². The second-order valence-corrected chi connectivity index (χ2v) is 7.90. The van der Waals surface area contributed by atoms with E-state index in [1.807, 2.05) is 47.2 Å². The molecule has 1 atom stereocenters. The molecule has 1 unspecified atom stereocenters. The van der Waals surface area contributed by atoms with Gasteiger partial charge in [0.2, 0.25) is 0 Å². The van der Waals surface area contributed by atoms with Crippen molar-refractivity contribution in [1.29, 1.82) is 0 Å². The Kier molecular flexibility index (Phi) is 5.18. The van der Waals surface area contributed by atoms with Crippen molar-refractivity contribution in [3.05, 3.63) is 94.1 Å². The number of hydrogen-bond acceptors (Lipinski definition) is 3. The molecule has 0 bridgehead atoms. The fraction of sp³-hybridized carbons (Fsp3) is 0.217. The first kappa shape index (κ1) is 18.7. The zero-order valence-corrected chi connectivity index (χ0v) is 17.4. The Balaban J connectivity index is 1.93. The fourth-order valence-electron chi connectivity index (χ4n) is 3.94. The smallest absolute Gasteiger partial charge is 0.271 e. The lowest BCUT2D eigenvalue weighted by molar-refractivity contribution is -0.127. The van der Waals surface area contributed by atoms with Gasteiger partial charge in [0.1, 0.15) is 5.70 Å². The van der Waals surface area contributed by atoms with Crippen LogP contribution in [0.3, 0.4) is 0 Å². The van der Waals surface area contributed by atoms with Gasteiger partial charge in [-0.2, -0.15) is 0 Å². The minimum Gasteiger partial charge on any atom is -0.368 e. The van der Waals surface area contributed by atoms with Gasteiger partial charge in [-0.1, -0.05) is 64.5 Å². The van der Waals surface area contributed by atoms with E-state index < -0.39 is 0 Å². The highest BCUT2D eigenvalue weighted by molar-refractivity contribution is 9.10. The van der Waals surface area contributed by atoms with Crippen LogP contribution < -0.4 is 0 Å². The van der Waals surface area contributed by atoms with Crippen LogP contribution in [0.2, 0.25) is 0 Å². The van der Waals surface area contributed by atoms with Gasteiger partial charge in [0.15, 0.2) is 0 Å². The standard InChI is InChI=1S/C23H22BrN3O/c1-3-14-27-21(17-9-11-18(24)12-10-17)19-20(16-7-5-4-6-8-16)25-13-15-26(2)22(19)23(27)28/h3-12,21H,1,13-15H2,2H3. The molecule has 2 aliphatic heterocycles. The normalized spacial score (nSPS) is 19.4. The molecule has 1 amide bonds. The molecule has 0 saturated carbocycles. The van der Waals surface area contributed by atoms with Gasteiger partial charge in [0, 0.05) is 35.7 Å². The van der Waals surface area contributed by atoms with E-state index in [9.17, 15) is 4.79 Å². The van der Waals surface area contributed by atoms with Crippen molar-refractivity contribution in [2.75, 3.05) is 26.7 Å². The van der Waals surface area contributed by atoms with E-state index in [1.54, 1.807) is 6.08 Å². The minimum atomic E-state index is -0.187. The summed E-state index contributed by atoms with van der Waals surface area (Å²) in [5, 5.41) is 0. The number of likely N-dealkylation sites (N-methyl/N-ethyl adjacent to an activating group) is 1. The van der Waals surface area contributed by atoms with Crippen molar-refractivity contribution in [3.63, 3.8) is 0 Å². The number of hydrogen-bond donors (Lipinski definition) is 0. The second kappa shape index (κ2) is 7.76. The van der Waals surface area contributed by atoms with E-state index in [2.05, 4.69) is 46.8 Å². The summed E-state index contributed by atoms with van der Waals surface area (Å²) in [6, 6.07) is 18.1. The quantitative estimate of drug-likeness (QED) is 0.674. The summed E-state index contributed by atoms with van der Waals surface area (Å²) in [7, 11) is 1.98. The molecule has 0 radical (unpaired) electrons. The molecule has 0 N–H and O–H groups in total. The molecule has 4 rings (SSSR count). The van der Waals surface area contributed by atoms with Crippen molar-refractivity contribution in [1.82, 2.24) is 9.80 Å². The van der Waals surface area contributed by atoms with Crippen LogP contribution in [0, 0.1) is 0 Å². The lowest BCUT2D eigenvalue weighted by Gasteiger charge is -2.27. The number of aliphatic imine (C=N–C) groups is 1. The Bertz CT molecular complexity index is 963. The van der Waals surface area contributed by atoms with Gasteiger partial charge in [-0.25, -0.2) is 0 Å². The van der Waals surface area contributed by atoms with Crippen LogP contribution in [0.25, 0.3) is 0 Å². The van der Waals surface area contributed by atoms with E-state index in [0.717, 1.165) is 39.1 Å². The van der Waals surface area contributed by atoms with Gasteiger partial charge in [-0.05, 0) is 17.7 Å². The van der Waals surface area contributed by atoms with Gasteiger partial charge >= 0.3 is 0 Å². The summed E-state index contributed by atoms with van der Waals surface area (Å²) in [5.74, 6) is 0.0378. The lowest BCUT2D eigenvalue weighted by atomic mass is 9.91. The van der Waals surface area contributed by atoms with Crippen LogP contribution in [0.1, 0.15) is 17.2 Å². The van der Waals surface area contributed by atoms with Gasteiger partial charge < -0.3 is 9.80 Å². The molecule has 5 heteroatoms. The number of nitrogens with zero attached hydrogens (tertiary/aromatic N) is 3. The van der Waals surface area contributed by atoms with Crippen LogP contribution in [-0.2, 0) is 4.79 Å². The summed E-state index contributed by atoms with van der Waals surface area (Å²) in [6.45, 7) is 5.74. The Morgan fingerprint density at radius 2 is 1.89 bits per heavy atom. The number of halogens is 1. The molecule has 28 heavy (non-hydrogen) atoms. The van der Waals surface area contributed by atoms with E-state index in [-0.39, 0.29) is 11.9 Å². The van der Waals surface area contributed by atoms with Gasteiger partial charge in [-0.3, -0.25) is 9.79 Å². The molecule has 142 valence electrons. The second-order valence-electron chi connectivity index (χ2n) is 6.98. The molecule has 2 aromatic rings. The highest BCUT2D eigenvalue weighted by Crippen LogP contribution is 2.41. The number of benzene rings is 2. The summed E-state index contributed by atoms with van der Waals surface area (Å²) < 4.78 is 1.01. The topological polar surface area (TPSA) is 35.9 Å². The Hall–Kier alpha value is -2.66. The molecule has 2 aliphatic rings. The third-order valence-electron chi connectivity index (χ3n) is 5.20. The molecular formula is C23H22BrN3O. The maximum absolute atomic E-state index is 13.4. The third-order valence-corrected chi connectivity index (χ3v) is 5.73. The van der Waals surface area contributed by atoms with Gasteiger partial charge in [0.05, 0.1) is 18.3 Å². The number of rotatable bonds is 4. The zero-order valence-electron chi connectivity index (χ0n) is 15.8. The van der Waals surface area contributed by atoms with Crippen LogP contribution in [0.15, 0.2) is 88.0 Å². The first-order chi connectivity index (χ1) is 13.6. The predicted molar refractivity (Wildman–Crippen MR) is 116 cm³/mol. The van der Waals surface area contributed by atoms with Crippen molar-refractivity contribution in [3.8, 4) is 0 Å². The molecular weight excluding hydrogens is 414 g/mol. The maximum Gasteiger partial charge on any atom is 0.271 e. The van der Waals surface area contributed by atoms with Crippen LogP contribution in [-0.4, -0.2) is 48.1 Å². The van der Waals surface area contributed by atoms with E-state index >= 15 is 0 Å². The molecule has 0 saturated heterocycles. The number of carbonyl (C=O) groups excluding carboxylic acids is 1. The summed E-state index contributed by atoms with van der Waals surface area (Å²) in [4.78, 5) is 22.3. The first-order valence-electron chi connectivity index (χ1n) is 9.34. The van der Waals surface area contributed by atoms with Crippen LogP contribution >= 0.6 is 15.9 Å². The summed E-state index contributed by atoms with van der Waals surface area (Å²) in [6.07, 6.45) is 1.79. The predicted octanol–water partition coefficient (Wildman–Crippen LogP) is 4.21. The Labute approximate surface area is 174 Å². The average Bonchev–Trinajstić information content (AvgIpc) is 2.87. The highest BCUT2D eigenvalue weighted by Gasteiger charge is 2.44. The molecule has 2 heterocycles. The van der Waals surface area contributed by atoms with E-state index in [0.29, 0.717) is 13.1 Å². The van der Waals surface area contributed by atoms with Crippen molar-refractivity contribution in [2.45, 2.75) is 6.04 Å². The molecule has 0 fully saturated rings. The third kappa shape index (κ3) is 3.20. The molecule has 0 aromatic heterocycles. The Morgan fingerprint density at radius 1 is 1.18 bits per heavy atom. The average molecular weight is 436 g/mol. The number of carbonyl (C=O) groups is 1. The monoisotopic (exact) mass is 435 g/mol. The van der Waals surface area contributed by atoms with E-state index in [1.165, 1.54) is 0 Å². The van der Waals surface area contributed by atoms with Crippen molar-refractivity contribution in [2.24, 2.45) is 4.99 Å². The maximum atomic E-state index is 13.4. The first-order valence-corrected chi connectivity index (χ1v) is 10.1.